The molecule has 0 saturated heterocycles. The third-order valence-electron chi connectivity index (χ3n) is 12.7. The minimum atomic E-state index is 0.190. The van der Waals surface area contributed by atoms with Gasteiger partial charge in [0.1, 0.15) is 0 Å². The van der Waals surface area contributed by atoms with E-state index in [1.54, 1.807) is 0 Å². The van der Waals surface area contributed by atoms with Crippen LogP contribution in [0.3, 0.4) is 0 Å². The largest absolute Gasteiger partial charge is 0.421 e. The number of hydrogen-bond acceptors (Lipinski definition) is 9. The van der Waals surface area contributed by atoms with Gasteiger partial charge in [-0.2, -0.15) is 0 Å². The lowest BCUT2D eigenvalue weighted by atomic mass is 9.71. The Morgan fingerprint density at radius 3 is 0.733 bits per heavy atom. The number of anilines is 6. The van der Waals surface area contributed by atoms with Gasteiger partial charge in [-0.05, 0) is 131 Å². The van der Waals surface area contributed by atoms with E-state index in [0.29, 0.717) is 0 Å². The van der Waals surface area contributed by atoms with Gasteiger partial charge >= 0.3 is 20.9 Å². The third-order valence-corrected chi connectivity index (χ3v) is 16.3. The Bertz CT molecular complexity index is 2270. The fourth-order valence-electron chi connectivity index (χ4n) is 10.1. The monoisotopic (exact) mass is 840 g/mol. The van der Waals surface area contributed by atoms with Crippen molar-refractivity contribution in [3.63, 3.8) is 0 Å². The van der Waals surface area contributed by atoms with Crippen molar-refractivity contribution in [3.05, 3.63) is 127 Å². The summed E-state index contributed by atoms with van der Waals surface area (Å²) in [7, 11) is 0. The molecule has 6 nitrogen and oxygen atoms in total. The first-order chi connectivity index (χ1) is 29.5. The maximum atomic E-state index is 2.57. The van der Waals surface area contributed by atoms with Crippen molar-refractivity contribution in [3.8, 4) is 31.3 Å². The Balaban J connectivity index is 1.06. The number of nitrogens with zero attached hydrogens (tertiary/aromatic N) is 6. The average molecular weight is 841 g/mol. The van der Waals surface area contributed by atoms with Crippen molar-refractivity contribution in [2.45, 2.75) is 41.5 Å². The second kappa shape index (κ2) is 16.1. The van der Waals surface area contributed by atoms with E-state index < -0.39 is 0 Å². The number of para-hydroxylation sites is 6. The quantitative estimate of drug-likeness (QED) is 0.113. The lowest BCUT2D eigenvalue weighted by Crippen LogP contribution is -2.55. The van der Waals surface area contributed by atoms with Gasteiger partial charge in [0.25, 0.3) is 0 Å². The highest BCUT2D eigenvalue weighted by molar-refractivity contribution is 7.28. The zero-order valence-corrected chi connectivity index (χ0v) is 38.0. The lowest BCUT2D eigenvalue weighted by molar-refractivity contribution is 1.06. The fourth-order valence-corrected chi connectivity index (χ4v) is 13.5. The van der Waals surface area contributed by atoms with Crippen LogP contribution in [0.25, 0.3) is 31.3 Å². The van der Waals surface area contributed by atoms with Gasteiger partial charge in [0.15, 0.2) is 0 Å². The van der Waals surface area contributed by atoms with Gasteiger partial charge in [-0.15, -0.1) is 34.0 Å². The normalized spacial score (nSPS) is 14.6. The SMILES string of the molecule is CCN1B(c2ccc(-c3cc(-c4ccc(B5N(CC)c6ccccc6N5CC)s4)cc(-c4ccc(B5N(CC)c6ccccc6N5CC)s4)c3)s2)N(CC)c2ccccc21. The van der Waals surface area contributed by atoms with Gasteiger partial charge < -0.3 is 28.9 Å². The van der Waals surface area contributed by atoms with Gasteiger partial charge in [0.05, 0.1) is 0 Å². The Morgan fingerprint density at radius 1 is 0.317 bits per heavy atom. The molecule has 0 atom stereocenters. The maximum Gasteiger partial charge on any atom is 0.421 e. The Hall–Kier alpha value is -5.03. The second-order valence-electron chi connectivity index (χ2n) is 15.7. The molecule has 0 fully saturated rings. The first-order valence-electron chi connectivity index (χ1n) is 21.8. The summed E-state index contributed by atoms with van der Waals surface area (Å²) in [6.07, 6.45) is 0. The summed E-state index contributed by atoms with van der Waals surface area (Å²) in [5, 5.41) is 0. The van der Waals surface area contributed by atoms with Crippen LogP contribution in [0.5, 0.6) is 0 Å². The topological polar surface area (TPSA) is 19.4 Å². The molecule has 0 bridgehead atoms. The smallest absolute Gasteiger partial charge is 0.390 e. The summed E-state index contributed by atoms with van der Waals surface area (Å²) in [5.74, 6) is 0. The highest BCUT2D eigenvalue weighted by atomic mass is 32.1. The van der Waals surface area contributed by atoms with E-state index in [0.717, 1.165) is 39.3 Å². The molecule has 0 saturated carbocycles. The molecule has 0 aliphatic carbocycles. The number of rotatable bonds is 12. The van der Waals surface area contributed by atoms with Gasteiger partial charge in [0, 0.05) is 102 Å². The molecule has 3 aliphatic rings. The van der Waals surface area contributed by atoms with Gasteiger partial charge in [-0.25, -0.2) is 0 Å². The standard InChI is InChI=1S/C48H51B3N6S3/c1-7-52-37-19-13-14-20-38(37)53(8-2)49(52)46-28-25-43(58-46)34-31-35(44-26-29-47(59-44)50-54(9-3)39-21-15-16-22-40(39)55(50)10-4)33-36(32-34)45-27-30-48(60-45)51-56(11-5)41-23-17-18-24-42(41)57(51)12-6/h13-33H,7-12H2,1-6H3. The van der Waals surface area contributed by atoms with Crippen LogP contribution >= 0.6 is 34.0 Å². The zero-order valence-electron chi connectivity index (χ0n) is 35.5. The summed E-state index contributed by atoms with van der Waals surface area (Å²) in [6, 6.07) is 48.3. The molecular weight excluding hydrogens is 789 g/mol. The first-order valence-corrected chi connectivity index (χ1v) is 24.3. The molecule has 10 rings (SSSR count). The molecule has 7 aromatic rings. The zero-order chi connectivity index (χ0) is 41.1. The molecule has 12 heteroatoms. The van der Waals surface area contributed by atoms with E-state index in [1.165, 1.54) is 79.8 Å². The van der Waals surface area contributed by atoms with E-state index in [-0.39, 0.29) is 20.9 Å². The van der Waals surface area contributed by atoms with Crippen molar-refractivity contribution in [1.82, 2.24) is 0 Å². The van der Waals surface area contributed by atoms with Crippen LogP contribution in [-0.4, -0.2) is 60.2 Å². The van der Waals surface area contributed by atoms with Crippen LogP contribution in [0, 0.1) is 0 Å². The molecule has 60 heavy (non-hydrogen) atoms. The summed E-state index contributed by atoms with van der Waals surface area (Å²) >= 11 is 5.84. The highest BCUT2D eigenvalue weighted by Gasteiger charge is 2.43. The second-order valence-corrected chi connectivity index (χ2v) is 19.1. The van der Waals surface area contributed by atoms with E-state index >= 15 is 0 Å². The van der Waals surface area contributed by atoms with Gasteiger partial charge in [0.2, 0.25) is 0 Å². The Kier molecular flexibility index (Phi) is 10.5. The van der Waals surface area contributed by atoms with Gasteiger partial charge in [-0.3, -0.25) is 0 Å². The van der Waals surface area contributed by atoms with Crippen LogP contribution in [0.4, 0.5) is 34.1 Å². The van der Waals surface area contributed by atoms with Crippen molar-refractivity contribution in [1.29, 1.82) is 0 Å². The van der Waals surface area contributed by atoms with Crippen molar-refractivity contribution in [2.75, 3.05) is 68.1 Å². The van der Waals surface area contributed by atoms with Crippen LogP contribution in [0.15, 0.2) is 127 Å². The number of fused-ring (bicyclic) bond motifs is 3. The summed E-state index contributed by atoms with van der Waals surface area (Å²) < 4.78 is 4.15. The lowest BCUT2D eigenvalue weighted by Gasteiger charge is -2.27. The summed E-state index contributed by atoms with van der Waals surface area (Å²) in [6.45, 7) is 20.0. The fraction of sp³-hybridized carbons (Fsp3) is 0.250. The van der Waals surface area contributed by atoms with Crippen molar-refractivity contribution in [2.24, 2.45) is 0 Å². The summed E-state index contributed by atoms with van der Waals surface area (Å²) in [4.78, 5) is 19.3. The van der Waals surface area contributed by atoms with Crippen molar-refractivity contribution < 1.29 is 0 Å². The van der Waals surface area contributed by atoms with Crippen LogP contribution in [0.2, 0.25) is 0 Å². The minimum absolute atomic E-state index is 0.190. The minimum Gasteiger partial charge on any atom is -0.390 e. The first kappa shape index (κ1) is 39.1. The van der Waals surface area contributed by atoms with Crippen LogP contribution in [0.1, 0.15) is 41.5 Å². The highest BCUT2D eigenvalue weighted by Crippen LogP contribution is 2.43. The molecule has 0 radical (unpaired) electrons. The third kappa shape index (κ3) is 6.28. The Morgan fingerprint density at radius 2 is 0.533 bits per heavy atom. The number of benzene rings is 4. The van der Waals surface area contributed by atoms with E-state index in [1.807, 2.05) is 34.0 Å². The van der Waals surface area contributed by atoms with E-state index in [4.69, 9.17) is 0 Å². The predicted octanol–water partition coefficient (Wildman–Crippen LogP) is 10.1. The maximum absolute atomic E-state index is 2.57. The van der Waals surface area contributed by atoms with E-state index in [2.05, 4.69) is 198 Å². The average Bonchev–Trinajstić information content (AvgIpc) is 4.16. The molecule has 0 spiro atoms. The molecule has 4 aromatic carbocycles. The molecule has 6 heterocycles. The number of hydrogen-bond donors (Lipinski definition) is 0. The van der Waals surface area contributed by atoms with Crippen LogP contribution in [-0.2, 0) is 0 Å². The number of thiophene rings is 3. The van der Waals surface area contributed by atoms with Crippen molar-refractivity contribution >= 4 is 103 Å². The molecular formula is C48H51B3N6S3. The molecule has 0 N–H and O–H groups in total. The molecule has 3 aliphatic heterocycles. The predicted molar refractivity (Wildman–Crippen MR) is 270 cm³/mol. The molecule has 0 amide bonds. The molecule has 0 unspecified atom stereocenters. The summed E-state index contributed by atoms with van der Waals surface area (Å²) in [5.41, 5.74) is 11.8. The molecule has 3 aromatic heterocycles. The molecule has 300 valence electrons. The Labute approximate surface area is 369 Å². The van der Waals surface area contributed by atoms with Crippen LogP contribution < -0.4 is 43.2 Å². The van der Waals surface area contributed by atoms with E-state index in [9.17, 15) is 0 Å². The van der Waals surface area contributed by atoms with Gasteiger partial charge in [-0.1, -0.05) is 54.6 Å².